The molecule has 1 aromatic heterocycles. The van der Waals surface area contributed by atoms with Crippen LogP contribution in [0, 0.1) is 0 Å². The molecule has 1 aliphatic carbocycles. The highest BCUT2D eigenvalue weighted by atomic mass is 16.4. The predicted molar refractivity (Wildman–Crippen MR) is 97.5 cm³/mol. The third-order valence-corrected chi connectivity index (χ3v) is 5.91. The largest absolute Gasteiger partial charge is 0.444 e. The molecule has 0 radical (unpaired) electrons. The third-order valence-electron chi connectivity index (χ3n) is 5.91. The molecule has 0 bridgehead atoms. The Morgan fingerprint density at radius 3 is 2.69 bits per heavy atom. The second-order valence-electron chi connectivity index (χ2n) is 7.87. The molecule has 3 aliphatic rings. The third kappa shape index (κ3) is 3.05. The zero-order valence-corrected chi connectivity index (χ0v) is 15.1. The Hall–Kier alpha value is -2.14. The fourth-order valence-electron chi connectivity index (χ4n) is 4.25. The molecule has 2 fully saturated rings. The molecule has 0 N–H and O–H groups in total. The van der Waals surface area contributed by atoms with Crippen molar-refractivity contribution < 1.29 is 9.21 Å². The van der Waals surface area contributed by atoms with Gasteiger partial charge in [-0.3, -0.25) is 9.69 Å². The number of fused-ring (bicyclic) bond motifs is 1. The number of oxazole rings is 1. The highest BCUT2D eigenvalue weighted by Gasteiger charge is 2.36. The second-order valence-corrected chi connectivity index (χ2v) is 7.87. The van der Waals surface area contributed by atoms with Crippen LogP contribution >= 0.6 is 0 Å². The minimum absolute atomic E-state index is 0.0996. The SMILES string of the molecule is O=C(C1Cc2ccccc2CN1Cc1cnc(C2CC2)o1)N1CCCC1. The molecule has 2 aromatic rings. The summed E-state index contributed by atoms with van der Waals surface area (Å²) in [5.74, 6) is 2.55. The van der Waals surface area contributed by atoms with Crippen molar-refractivity contribution in [3.05, 3.63) is 53.2 Å². The van der Waals surface area contributed by atoms with Gasteiger partial charge in [-0.05, 0) is 43.2 Å². The topological polar surface area (TPSA) is 49.6 Å². The van der Waals surface area contributed by atoms with Crippen molar-refractivity contribution in [3.8, 4) is 0 Å². The van der Waals surface area contributed by atoms with Crippen molar-refractivity contribution in [2.45, 2.75) is 57.2 Å². The molecule has 3 heterocycles. The van der Waals surface area contributed by atoms with Gasteiger partial charge in [-0.25, -0.2) is 4.98 Å². The van der Waals surface area contributed by atoms with E-state index in [-0.39, 0.29) is 11.9 Å². The Morgan fingerprint density at radius 1 is 1.15 bits per heavy atom. The summed E-state index contributed by atoms with van der Waals surface area (Å²) in [6.45, 7) is 3.25. The Morgan fingerprint density at radius 2 is 1.92 bits per heavy atom. The molecule has 1 aromatic carbocycles. The number of carbonyl (C=O) groups is 1. The van der Waals surface area contributed by atoms with Gasteiger partial charge >= 0.3 is 0 Å². The lowest BCUT2D eigenvalue weighted by molar-refractivity contribution is -0.137. The van der Waals surface area contributed by atoms with Gasteiger partial charge in [0, 0.05) is 25.6 Å². The van der Waals surface area contributed by atoms with Crippen molar-refractivity contribution in [1.29, 1.82) is 0 Å². The summed E-state index contributed by atoms with van der Waals surface area (Å²) in [5, 5.41) is 0. The molecule has 1 saturated heterocycles. The first-order chi connectivity index (χ1) is 12.8. The molecular formula is C21H25N3O2. The molecular weight excluding hydrogens is 326 g/mol. The van der Waals surface area contributed by atoms with E-state index >= 15 is 0 Å². The Kier molecular flexibility index (Phi) is 4.04. The molecule has 1 saturated carbocycles. The van der Waals surface area contributed by atoms with Gasteiger partial charge < -0.3 is 9.32 Å². The Bertz CT molecular complexity index is 805. The van der Waals surface area contributed by atoms with Gasteiger partial charge in [0.2, 0.25) is 5.91 Å². The average molecular weight is 351 g/mol. The van der Waals surface area contributed by atoms with E-state index in [1.807, 2.05) is 11.1 Å². The highest BCUT2D eigenvalue weighted by Crippen LogP contribution is 2.39. The van der Waals surface area contributed by atoms with Gasteiger partial charge in [0.05, 0.1) is 18.8 Å². The number of carbonyl (C=O) groups excluding carboxylic acids is 1. The summed E-state index contributed by atoms with van der Waals surface area (Å²) < 4.78 is 5.97. The number of nitrogens with zero attached hydrogens (tertiary/aromatic N) is 3. The lowest BCUT2D eigenvalue weighted by Crippen LogP contribution is -2.50. The first-order valence-corrected chi connectivity index (χ1v) is 9.82. The number of aromatic nitrogens is 1. The number of hydrogen-bond donors (Lipinski definition) is 0. The van der Waals surface area contributed by atoms with Crippen LogP contribution in [0.3, 0.4) is 0 Å². The second kappa shape index (κ2) is 6.54. The van der Waals surface area contributed by atoms with Crippen LogP contribution in [0.25, 0.3) is 0 Å². The standard InChI is InChI=1S/C21H25N3O2/c25-21(23-9-3-4-10-23)19-11-16-5-1-2-6-17(16)13-24(19)14-18-12-22-20(26-18)15-7-8-15/h1-2,5-6,12,15,19H,3-4,7-11,13-14H2. The fraction of sp³-hybridized carbons (Fsp3) is 0.524. The summed E-state index contributed by atoms with van der Waals surface area (Å²) in [5.41, 5.74) is 2.62. The van der Waals surface area contributed by atoms with Gasteiger partial charge in [0.1, 0.15) is 5.76 Å². The van der Waals surface area contributed by atoms with Crippen LogP contribution in [0.15, 0.2) is 34.9 Å². The molecule has 5 rings (SSSR count). The number of rotatable bonds is 4. The van der Waals surface area contributed by atoms with Gasteiger partial charge in [-0.2, -0.15) is 0 Å². The predicted octanol–water partition coefficient (Wildman–Crippen LogP) is 3.10. The van der Waals surface area contributed by atoms with Crippen LogP contribution in [-0.4, -0.2) is 39.8 Å². The summed E-state index contributed by atoms with van der Waals surface area (Å²) in [4.78, 5) is 21.9. The van der Waals surface area contributed by atoms with E-state index in [1.165, 1.54) is 24.0 Å². The van der Waals surface area contributed by atoms with E-state index in [0.29, 0.717) is 12.5 Å². The maximum absolute atomic E-state index is 13.2. The number of amides is 1. The maximum atomic E-state index is 13.2. The summed E-state index contributed by atoms with van der Waals surface area (Å²) >= 11 is 0. The molecule has 5 nitrogen and oxygen atoms in total. The monoisotopic (exact) mass is 351 g/mol. The van der Waals surface area contributed by atoms with Gasteiger partial charge in [0.15, 0.2) is 5.89 Å². The minimum atomic E-state index is -0.0996. The first kappa shape index (κ1) is 16.1. The van der Waals surface area contributed by atoms with Gasteiger partial charge in [0.25, 0.3) is 0 Å². The van der Waals surface area contributed by atoms with Crippen LogP contribution in [-0.2, 0) is 24.3 Å². The van der Waals surface area contributed by atoms with Crippen molar-refractivity contribution in [2.75, 3.05) is 13.1 Å². The molecule has 1 unspecified atom stereocenters. The van der Waals surface area contributed by atoms with E-state index in [0.717, 1.165) is 50.5 Å². The molecule has 136 valence electrons. The first-order valence-electron chi connectivity index (χ1n) is 9.82. The zero-order chi connectivity index (χ0) is 17.5. The zero-order valence-electron chi connectivity index (χ0n) is 15.1. The molecule has 5 heteroatoms. The maximum Gasteiger partial charge on any atom is 0.240 e. The van der Waals surface area contributed by atoms with E-state index in [2.05, 4.69) is 34.1 Å². The molecule has 26 heavy (non-hydrogen) atoms. The van der Waals surface area contributed by atoms with E-state index in [1.54, 1.807) is 0 Å². The quantitative estimate of drug-likeness (QED) is 0.849. The highest BCUT2D eigenvalue weighted by molar-refractivity contribution is 5.82. The Labute approximate surface area is 154 Å². The normalized spacial score (nSPS) is 23.2. The van der Waals surface area contributed by atoms with Crippen molar-refractivity contribution >= 4 is 5.91 Å². The van der Waals surface area contributed by atoms with Gasteiger partial charge in [-0.1, -0.05) is 24.3 Å². The summed E-state index contributed by atoms with van der Waals surface area (Å²) in [6.07, 6.45) is 7.27. The minimum Gasteiger partial charge on any atom is -0.444 e. The molecule has 1 amide bonds. The Balaban J connectivity index is 1.40. The van der Waals surface area contributed by atoms with Crippen LogP contribution in [0.5, 0.6) is 0 Å². The summed E-state index contributed by atoms with van der Waals surface area (Å²) in [7, 11) is 0. The number of hydrogen-bond acceptors (Lipinski definition) is 4. The van der Waals surface area contributed by atoms with E-state index < -0.39 is 0 Å². The van der Waals surface area contributed by atoms with Crippen molar-refractivity contribution in [1.82, 2.24) is 14.8 Å². The number of benzene rings is 1. The molecule has 2 aliphatic heterocycles. The van der Waals surface area contributed by atoms with Gasteiger partial charge in [-0.15, -0.1) is 0 Å². The number of likely N-dealkylation sites (tertiary alicyclic amines) is 1. The lowest BCUT2D eigenvalue weighted by Gasteiger charge is -2.37. The molecule has 0 spiro atoms. The lowest BCUT2D eigenvalue weighted by atomic mass is 9.93. The molecule has 1 atom stereocenters. The smallest absolute Gasteiger partial charge is 0.240 e. The van der Waals surface area contributed by atoms with E-state index in [4.69, 9.17) is 4.42 Å². The van der Waals surface area contributed by atoms with Crippen LogP contribution in [0.2, 0.25) is 0 Å². The van der Waals surface area contributed by atoms with Crippen molar-refractivity contribution in [3.63, 3.8) is 0 Å². The van der Waals surface area contributed by atoms with Crippen LogP contribution in [0.1, 0.15) is 54.4 Å². The fourth-order valence-corrected chi connectivity index (χ4v) is 4.25. The summed E-state index contributed by atoms with van der Waals surface area (Å²) in [6, 6.07) is 8.40. The van der Waals surface area contributed by atoms with E-state index in [9.17, 15) is 4.79 Å². The van der Waals surface area contributed by atoms with Crippen LogP contribution in [0.4, 0.5) is 0 Å². The van der Waals surface area contributed by atoms with Crippen molar-refractivity contribution in [2.24, 2.45) is 0 Å². The van der Waals surface area contributed by atoms with Crippen LogP contribution < -0.4 is 0 Å². The average Bonchev–Trinajstić information content (AvgIpc) is 3.17.